The molecule has 5 heteroatoms. The second-order valence-electron chi connectivity index (χ2n) is 17.0. The van der Waals surface area contributed by atoms with Gasteiger partial charge in [-0.05, 0) is 64.2 Å². The van der Waals surface area contributed by atoms with Gasteiger partial charge in [0.1, 0.15) is 6.10 Å². The number of nitrogens with one attached hydrogen (secondary N) is 1. The summed E-state index contributed by atoms with van der Waals surface area (Å²) < 4.78 is 0. The Labute approximate surface area is 343 Å². The van der Waals surface area contributed by atoms with Gasteiger partial charge in [-0.15, -0.1) is 0 Å². The van der Waals surface area contributed by atoms with Gasteiger partial charge in [-0.1, -0.05) is 218 Å². The number of hydrogen-bond acceptors (Lipinski definition) is 4. The summed E-state index contributed by atoms with van der Waals surface area (Å²) in [5.74, 6) is -0.153. The van der Waals surface area contributed by atoms with Crippen LogP contribution in [0.25, 0.3) is 0 Å². The Hall–Kier alpha value is -1.17. The van der Waals surface area contributed by atoms with E-state index in [1.807, 2.05) is 0 Å². The van der Waals surface area contributed by atoms with E-state index >= 15 is 0 Å². The number of amides is 1. The molecule has 0 rings (SSSR count). The third-order valence-corrected chi connectivity index (χ3v) is 11.5. The third kappa shape index (κ3) is 40.8. The standard InChI is InChI=1S/C50H97NO4/c1-3-5-7-9-11-13-15-16-17-18-19-20-21-22-23-24-25-26-27-28-29-30-31-32-33-35-37-39-41-43-45-49(54)51-47(46-52)50(55)48(53)44-42-40-38-36-34-14-12-10-8-6-4-2/h22-23,36,38,47-48,50,52-53,55H,3-21,24-35,37,39-46H2,1-2H3,(H,51,54)/b23-22-,38-36+. The lowest BCUT2D eigenvalue weighted by molar-refractivity contribution is -0.124. The van der Waals surface area contributed by atoms with Crippen molar-refractivity contribution in [3.8, 4) is 0 Å². The van der Waals surface area contributed by atoms with Crippen molar-refractivity contribution in [3.05, 3.63) is 24.3 Å². The zero-order chi connectivity index (χ0) is 40.1. The van der Waals surface area contributed by atoms with Crippen LogP contribution in [-0.2, 0) is 4.79 Å². The SMILES string of the molecule is CCCCCCCC/C=C/CCCC(O)C(O)C(CO)NC(=O)CCCCCCCCCCCCCCCC/C=C\CCCCCCCCCCCCCC. The van der Waals surface area contributed by atoms with Crippen LogP contribution in [0.1, 0.15) is 264 Å². The first kappa shape index (κ1) is 53.8. The van der Waals surface area contributed by atoms with Gasteiger partial charge in [-0.2, -0.15) is 0 Å². The molecular weight excluding hydrogens is 679 g/mol. The second kappa shape index (κ2) is 45.5. The Morgan fingerprint density at radius 1 is 0.436 bits per heavy atom. The van der Waals surface area contributed by atoms with Crippen molar-refractivity contribution in [1.29, 1.82) is 0 Å². The minimum atomic E-state index is -1.16. The average Bonchev–Trinajstić information content (AvgIpc) is 3.19. The van der Waals surface area contributed by atoms with Gasteiger partial charge in [0.15, 0.2) is 0 Å². The van der Waals surface area contributed by atoms with Gasteiger partial charge in [0.25, 0.3) is 0 Å². The molecule has 0 aromatic heterocycles. The molecule has 0 aromatic rings. The lowest BCUT2D eigenvalue weighted by atomic mass is 10.0. The topological polar surface area (TPSA) is 89.8 Å². The summed E-state index contributed by atoms with van der Waals surface area (Å²) in [5.41, 5.74) is 0. The van der Waals surface area contributed by atoms with Crippen molar-refractivity contribution >= 4 is 5.91 Å². The molecule has 0 spiro atoms. The minimum absolute atomic E-state index is 0.153. The molecular formula is C50H97NO4. The van der Waals surface area contributed by atoms with E-state index < -0.39 is 18.2 Å². The van der Waals surface area contributed by atoms with Crippen LogP contribution < -0.4 is 5.32 Å². The van der Waals surface area contributed by atoms with E-state index in [-0.39, 0.29) is 12.5 Å². The molecule has 0 radical (unpaired) electrons. The number of carbonyl (C=O) groups is 1. The quantitative estimate of drug-likeness (QED) is 0.0366. The highest BCUT2D eigenvalue weighted by Crippen LogP contribution is 2.16. The summed E-state index contributed by atoms with van der Waals surface area (Å²) >= 11 is 0. The summed E-state index contributed by atoms with van der Waals surface area (Å²) in [4.78, 5) is 12.4. The molecule has 0 aliphatic heterocycles. The number of allylic oxidation sites excluding steroid dienone is 4. The summed E-state index contributed by atoms with van der Waals surface area (Å²) in [7, 11) is 0. The fourth-order valence-corrected chi connectivity index (χ4v) is 7.69. The summed E-state index contributed by atoms with van der Waals surface area (Å²) in [5, 5.41) is 33.4. The number of unbranched alkanes of at least 4 members (excludes halogenated alkanes) is 33. The van der Waals surface area contributed by atoms with Crippen molar-refractivity contribution in [2.75, 3.05) is 6.61 Å². The van der Waals surface area contributed by atoms with Crippen LogP contribution in [-0.4, -0.2) is 46.1 Å². The fourth-order valence-electron chi connectivity index (χ4n) is 7.69. The monoisotopic (exact) mass is 776 g/mol. The molecule has 0 aliphatic rings. The highest BCUT2D eigenvalue weighted by Gasteiger charge is 2.26. The molecule has 5 nitrogen and oxygen atoms in total. The summed E-state index contributed by atoms with van der Waals surface area (Å²) in [6.07, 6.45) is 56.1. The Morgan fingerprint density at radius 3 is 1.05 bits per heavy atom. The van der Waals surface area contributed by atoms with Crippen molar-refractivity contribution < 1.29 is 20.1 Å². The Kier molecular flexibility index (Phi) is 44.6. The van der Waals surface area contributed by atoms with E-state index in [4.69, 9.17) is 0 Å². The number of hydrogen-bond donors (Lipinski definition) is 4. The molecule has 0 heterocycles. The molecule has 326 valence electrons. The van der Waals surface area contributed by atoms with Crippen LogP contribution in [0, 0.1) is 0 Å². The van der Waals surface area contributed by atoms with E-state index in [0.717, 1.165) is 38.5 Å². The first-order valence-electron chi connectivity index (χ1n) is 24.6. The number of carbonyl (C=O) groups excluding carboxylic acids is 1. The van der Waals surface area contributed by atoms with E-state index in [2.05, 4.69) is 43.5 Å². The molecule has 55 heavy (non-hydrogen) atoms. The molecule has 1 amide bonds. The highest BCUT2D eigenvalue weighted by molar-refractivity contribution is 5.76. The van der Waals surface area contributed by atoms with Crippen LogP contribution in [0.4, 0.5) is 0 Å². The van der Waals surface area contributed by atoms with Gasteiger partial charge in [-0.25, -0.2) is 0 Å². The van der Waals surface area contributed by atoms with Crippen molar-refractivity contribution in [2.45, 2.75) is 283 Å². The van der Waals surface area contributed by atoms with Crippen LogP contribution in [0.2, 0.25) is 0 Å². The predicted octanol–water partition coefficient (Wildman–Crippen LogP) is 14.6. The maximum Gasteiger partial charge on any atom is 0.220 e. The van der Waals surface area contributed by atoms with Crippen LogP contribution in [0.15, 0.2) is 24.3 Å². The summed E-state index contributed by atoms with van der Waals surface area (Å²) in [6.45, 7) is 4.16. The van der Waals surface area contributed by atoms with E-state index in [0.29, 0.717) is 12.8 Å². The van der Waals surface area contributed by atoms with Crippen molar-refractivity contribution in [2.24, 2.45) is 0 Å². The van der Waals surface area contributed by atoms with Crippen LogP contribution >= 0.6 is 0 Å². The Balaban J connectivity index is 3.50. The lowest BCUT2D eigenvalue weighted by Crippen LogP contribution is -2.50. The molecule has 0 aromatic carbocycles. The van der Waals surface area contributed by atoms with Gasteiger partial charge in [0.05, 0.1) is 18.8 Å². The molecule has 0 fully saturated rings. The molecule has 3 atom stereocenters. The van der Waals surface area contributed by atoms with Crippen LogP contribution in [0.3, 0.4) is 0 Å². The van der Waals surface area contributed by atoms with E-state index in [1.54, 1.807) is 0 Å². The van der Waals surface area contributed by atoms with Gasteiger partial charge < -0.3 is 20.6 Å². The van der Waals surface area contributed by atoms with Crippen molar-refractivity contribution in [3.63, 3.8) is 0 Å². The zero-order valence-corrected chi connectivity index (χ0v) is 37.1. The van der Waals surface area contributed by atoms with Gasteiger partial charge in [0, 0.05) is 6.42 Å². The highest BCUT2D eigenvalue weighted by atomic mass is 16.3. The molecule has 0 saturated carbocycles. The lowest BCUT2D eigenvalue weighted by Gasteiger charge is -2.26. The molecule has 0 bridgehead atoms. The molecule has 3 unspecified atom stereocenters. The normalized spacial score (nSPS) is 13.6. The van der Waals surface area contributed by atoms with Crippen molar-refractivity contribution in [1.82, 2.24) is 5.32 Å². The zero-order valence-electron chi connectivity index (χ0n) is 37.1. The molecule has 0 aliphatic carbocycles. The first-order chi connectivity index (χ1) is 27.1. The summed E-state index contributed by atoms with van der Waals surface area (Å²) in [6, 6.07) is -0.822. The molecule has 0 saturated heterocycles. The number of aliphatic hydroxyl groups excluding tert-OH is 3. The van der Waals surface area contributed by atoms with Gasteiger partial charge in [0.2, 0.25) is 5.91 Å². The average molecular weight is 776 g/mol. The third-order valence-electron chi connectivity index (χ3n) is 11.5. The Morgan fingerprint density at radius 2 is 0.727 bits per heavy atom. The second-order valence-corrected chi connectivity index (χ2v) is 17.0. The fraction of sp³-hybridized carbons (Fsp3) is 0.900. The minimum Gasteiger partial charge on any atom is -0.394 e. The Bertz CT molecular complexity index is 814. The van der Waals surface area contributed by atoms with Gasteiger partial charge >= 0.3 is 0 Å². The number of aliphatic hydroxyl groups is 3. The maximum absolute atomic E-state index is 12.4. The van der Waals surface area contributed by atoms with Gasteiger partial charge in [-0.3, -0.25) is 4.79 Å². The largest absolute Gasteiger partial charge is 0.394 e. The predicted molar refractivity (Wildman–Crippen MR) is 241 cm³/mol. The first-order valence-corrected chi connectivity index (χ1v) is 24.6. The van der Waals surface area contributed by atoms with E-state index in [9.17, 15) is 20.1 Å². The number of rotatable bonds is 45. The molecule has 4 N–H and O–H groups in total. The van der Waals surface area contributed by atoms with E-state index in [1.165, 1.54) is 199 Å². The smallest absolute Gasteiger partial charge is 0.220 e. The van der Waals surface area contributed by atoms with Crippen LogP contribution in [0.5, 0.6) is 0 Å². The maximum atomic E-state index is 12.4.